The van der Waals surface area contributed by atoms with Crippen molar-refractivity contribution in [2.75, 3.05) is 39.6 Å². The Labute approximate surface area is 107 Å². The van der Waals surface area contributed by atoms with E-state index in [1.165, 1.54) is 4.90 Å². The Morgan fingerprint density at radius 3 is 2.82 bits per heavy atom. The second kappa shape index (κ2) is 6.81. The lowest BCUT2D eigenvalue weighted by molar-refractivity contribution is -0.133. The van der Waals surface area contributed by atoms with E-state index in [1.807, 2.05) is 7.05 Å². The van der Waals surface area contributed by atoms with Crippen LogP contribution in [0.4, 0.5) is 0 Å². The van der Waals surface area contributed by atoms with Gasteiger partial charge < -0.3 is 15.1 Å². The van der Waals surface area contributed by atoms with Gasteiger partial charge in [0, 0.05) is 19.6 Å². The van der Waals surface area contributed by atoms with Gasteiger partial charge in [0.15, 0.2) is 0 Å². The second-order valence-corrected chi connectivity index (χ2v) is 4.82. The SMILES string of the molecule is CN1CCCC(NC(=O)CN(C)C(=O)CCl)C1. The average molecular weight is 262 g/mol. The number of hydrogen-bond donors (Lipinski definition) is 1. The van der Waals surface area contributed by atoms with Crippen molar-refractivity contribution in [3.63, 3.8) is 0 Å². The zero-order valence-electron chi connectivity index (χ0n) is 10.4. The Kier molecular flexibility index (Phi) is 5.71. The van der Waals surface area contributed by atoms with Crippen LogP contribution < -0.4 is 5.32 Å². The number of halogens is 1. The number of alkyl halides is 1. The first kappa shape index (κ1) is 14.3. The summed E-state index contributed by atoms with van der Waals surface area (Å²) in [5, 5.41) is 2.94. The van der Waals surface area contributed by atoms with E-state index in [0.29, 0.717) is 0 Å². The first-order valence-corrected chi connectivity index (χ1v) is 6.34. The van der Waals surface area contributed by atoms with E-state index in [1.54, 1.807) is 7.05 Å². The van der Waals surface area contributed by atoms with Crippen molar-refractivity contribution in [2.45, 2.75) is 18.9 Å². The molecule has 1 atom stereocenters. The lowest BCUT2D eigenvalue weighted by Crippen LogP contribution is -2.49. The van der Waals surface area contributed by atoms with Gasteiger partial charge in [-0.1, -0.05) is 0 Å². The van der Waals surface area contributed by atoms with Gasteiger partial charge in [0.1, 0.15) is 5.88 Å². The number of likely N-dealkylation sites (N-methyl/N-ethyl adjacent to an activating group) is 2. The van der Waals surface area contributed by atoms with Crippen LogP contribution in [0.5, 0.6) is 0 Å². The van der Waals surface area contributed by atoms with E-state index in [0.717, 1.165) is 25.9 Å². The molecule has 0 aromatic carbocycles. The number of nitrogens with zero attached hydrogens (tertiary/aromatic N) is 2. The summed E-state index contributed by atoms with van der Waals surface area (Å²) in [6.07, 6.45) is 2.10. The summed E-state index contributed by atoms with van der Waals surface area (Å²) in [6, 6.07) is 0.195. The Balaban J connectivity index is 2.31. The minimum atomic E-state index is -0.234. The van der Waals surface area contributed by atoms with Gasteiger partial charge in [0.05, 0.1) is 6.54 Å². The summed E-state index contributed by atoms with van der Waals surface area (Å²) in [4.78, 5) is 26.4. The molecule has 0 aliphatic carbocycles. The van der Waals surface area contributed by atoms with Crippen LogP contribution in [-0.2, 0) is 9.59 Å². The molecule has 0 radical (unpaired) electrons. The molecule has 98 valence electrons. The first-order valence-electron chi connectivity index (χ1n) is 5.80. The van der Waals surface area contributed by atoms with Gasteiger partial charge >= 0.3 is 0 Å². The standard InChI is InChI=1S/C11H20ClN3O2/c1-14-5-3-4-9(7-14)13-10(16)8-15(2)11(17)6-12/h9H,3-8H2,1-2H3,(H,13,16). The highest BCUT2D eigenvalue weighted by Gasteiger charge is 2.20. The van der Waals surface area contributed by atoms with Crippen molar-refractivity contribution in [1.29, 1.82) is 0 Å². The molecule has 1 N–H and O–H groups in total. The fourth-order valence-electron chi connectivity index (χ4n) is 1.96. The van der Waals surface area contributed by atoms with Crippen molar-refractivity contribution in [2.24, 2.45) is 0 Å². The molecule has 1 rings (SSSR count). The van der Waals surface area contributed by atoms with E-state index in [9.17, 15) is 9.59 Å². The van der Waals surface area contributed by atoms with Gasteiger partial charge in [-0.2, -0.15) is 0 Å². The lowest BCUT2D eigenvalue weighted by Gasteiger charge is -2.30. The van der Waals surface area contributed by atoms with E-state index >= 15 is 0 Å². The van der Waals surface area contributed by atoms with Gasteiger partial charge in [-0.15, -0.1) is 11.6 Å². The summed E-state index contributed by atoms with van der Waals surface area (Å²) < 4.78 is 0. The Bertz CT molecular complexity index is 286. The number of amides is 2. The predicted molar refractivity (Wildman–Crippen MR) is 67.0 cm³/mol. The summed E-state index contributed by atoms with van der Waals surface area (Å²) in [6.45, 7) is 2.03. The Morgan fingerprint density at radius 1 is 1.53 bits per heavy atom. The number of carbonyl (C=O) groups excluding carboxylic acids is 2. The third-order valence-corrected chi connectivity index (χ3v) is 3.14. The molecular weight excluding hydrogens is 242 g/mol. The quantitative estimate of drug-likeness (QED) is 0.719. The summed E-state index contributed by atoms with van der Waals surface area (Å²) >= 11 is 5.41. The average Bonchev–Trinajstić information content (AvgIpc) is 2.27. The van der Waals surface area contributed by atoms with Crippen LogP contribution in [0.1, 0.15) is 12.8 Å². The predicted octanol–water partition coefficient (Wildman–Crippen LogP) is -0.106. The fraction of sp³-hybridized carbons (Fsp3) is 0.818. The van der Waals surface area contributed by atoms with Gasteiger partial charge in [0.2, 0.25) is 11.8 Å². The van der Waals surface area contributed by atoms with Crippen molar-refractivity contribution in [1.82, 2.24) is 15.1 Å². The zero-order chi connectivity index (χ0) is 12.8. The minimum Gasteiger partial charge on any atom is -0.351 e. The third-order valence-electron chi connectivity index (χ3n) is 2.91. The van der Waals surface area contributed by atoms with E-state index in [4.69, 9.17) is 11.6 Å². The van der Waals surface area contributed by atoms with Crippen molar-refractivity contribution >= 4 is 23.4 Å². The molecule has 1 aliphatic heterocycles. The molecular formula is C11H20ClN3O2. The number of nitrogens with one attached hydrogen (secondary N) is 1. The molecule has 2 amide bonds. The maximum atomic E-state index is 11.7. The molecule has 1 heterocycles. The number of rotatable bonds is 4. The van der Waals surface area contributed by atoms with E-state index in [-0.39, 0.29) is 30.3 Å². The van der Waals surface area contributed by atoms with Gasteiger partial charge in [-0.05, 0) is 26.4 Å². The van der Waals surface area contributed by atoms with Crippen molar-refractivity contribution in [3.05, 3.63) is 0 Å². The van der Waals surface area contributed by atoms with E-state index in [2.05, 4.69) is 10.2 Å². The molecule has 0 saturated carbocycles. The third kappa shape index (κ3) is 4.91. The number of piperidine rings is 1. The topological polar surface area (TPSA) is 52.7 Å². The normalized spacial score (nSPS) is 21.0. The van der Waals surface area contributed by atoms with Crippen LogP contribution in [-0.4, -0.2) is 67.3 Å². The van der Waals surface area contributed by atoms with Crippen LogP contribution in [0, 0.1) is 0 Å². The number of hydrogen-bond acceptors (Lipinski definition) is 3. The Morgan fingerprint density at radius 2 is 2.24 bits per heavy atom. The van der Waals surface area contributed by atoms with Crippen LogP contribution in [0.3, 0.4) is 0 Å². The minimum absolute atomic E-state index is 0.0752. The van der Waals surface area contributed by atoms with Gasteiger partial charge in [-0.25, -0.2) is 0 Å². The molecule has 17 heavy (non-hydrogen) atoms. The van der Waals surface area contributed by atoms with Crippen LogP contribution in [0.25, 0.3) is 0 Å². The van der Waals surface area contributed by atoms with Crippen LogP contribution in [0.2, 0.25) is 0 Å². The monoisotopic (exact) mass is 261 g/mol. The molecule has 0 aromatic heterocycles. The second-order valence-electron chi connectivity index (χ2n) is 4.55. The summed E-state index contributed by atoms with van der Waals surface area (Å²) in [5.41, 5.74) is 0. The van der Waals surface area contributed by atoms with Crippen molar-refractivity contribution in [3.8, 4) is 0 Å². The van der Waals surface area contributed by atoms with Crippen LogP contribution >= 0.6 is 11.6 Å². The first-order chi connectivity index (χ1) is 8.02. The molecule has 0 spiro atoms. The van der Waals surface area contributed by atoms with Crippen molar-refractivity contribution < 1.29 is 9.59 Å². The zero-order valence-corrected chi connectivity index (χ0v) is 11.2. The highest BCUT2D eigenvalue weighted by molar-refractivity contribution is 6.27. The molecule has 1 aliphatic rings. The fourth-order valence-corrected chi connectivity index (χ4v) is 2.17. The Hall–Kier alpha value is -0.810. The smallest absolute Gasteiger partial charge is 0.239 e. The van der Waals surface area contributed by atoms with Crippen LogP contribution in [0.15, 0.2) is 0 Å². The summed E-state index contributed by atoms with van der Waals surface area (Å²) in [5.74, 6) is -0.440. The molecule has 0 aromatic rings. The molecule has 5 nitrogen and oxygen atoms in total. The highest BCUT2D eigenvalue weighted by atomic mass is 35.5. The maximum Gasteiger partial charge on any atom is 0.239 e. The molecule has 1 fully saturated rings. The van der Waals surface area contributed by atoms with E-state index < -0.39 is 0 Å². The number of likely N-dealkylation sites (tertiary alicyclic amines) is 1. The molecule has 1 unspecified atom stereocenters. The summed E-state index contributed by atoms with van der Waals surface area (Å²) in [7, 11) is 3.62. The largest absolute Gasteiger partial charge is 0.351 e. The highest BCUT2D eigenvalue weighted by Crippen LogP contribution is 2.07. The van der Waals surface area contributed by atoms with Gasteiger partial charge in [0.25, 0.3) is 0 Å². The van der Waals surface area contributed by atoms with Gasteiger partial charge in [-0.3, -0.25) is 9.59 Å². The lowest BCUT2D eigenvalue weighted by atomic mass is 10.1. The molecule has 0 bridgehead atoms. The molecule has 6 heteroatoms. The number of carbonyl (C=O) groups is 2. The molecule has 1 saturated heterocycles. The maximum absolute atomic E-state index is 11.7.